The van der Waals surface area contributed by atoms with E-state index in [9.17, 15) is 14.7 Å². The Kier molecular flexibility index (Phi) is 3.85. The molecule has 19 heavy (non-hydrogen) atoms. The van der Waals surface area contributed by atoms with Gasteiger partial charge in [-0.3, -0.25) is 9.59 Å². The molecule has 0 aliphatic heterocycles. The van der Waals surface area contributed by atoms with Gasteiger partial charge in [0.1, 0.15) is 0 Å². The molecular weight excluding hydrogens is 246 g/mol. The average Bonchev–Trinajstić information content (AvgIpc) is 2.80. The van der Waals surface area contributed by atoms with Crippen LogP contribution in [0.3, 0.4) is 0 Å². The second-order valence-electron chi connectivity index (χ2n) is 4.50. The summed E-state index contributed by atoms with van der Waals surface area (Å²) < 4.78 is 0. The van der Waals surface area contributed by atoms with Crippen molar-refractivity contribution in [1.82, 2.24) is 4.98 Å². The predicted octanol–water partition coefficient (Wildman–Crippen LogP) is 2.59. The third-order valence-corrected chi connectivity index (χ3v) is 3.16. The maximum atomic E-state index is 11.3. The zero-order valence-corrected chi connectivity index (χ0v) is 10.3. The highest BCUT2D eigenvalue weighted by molar-refractivity contribution is 5.83. The van der Waals surface area contributed by atoms with Gasteiger partial charge >= 0.3 is 11.9 Å². The van der Waals surface area contributed by atoms with E-state index in [2.05, 4.69) is 4.98 Å². The van der Waals surface area contributed by atoms with E-state index in [0.29, 0.717) is 18.4 Å². The molecular formula is C14H15NO4. The molecule has 100 valence electrons. The number of H-pyrrole nitrogens is 1. The number of hydrogen-bond acceptors (Lipinski definition) is 2. The van der Waals surface area contributed by atoms with Crippen molar-refractivity contribution in [2.24, 2.45) is 0 Å². The van der Waals surface area contributed by atoms with Crippen molar-refractivity contribution < 1.29 is 19.8 Å². The van der Waals surface area contributed by atoms with E-state index in [1.807, 2.05) is 18.2 Å². The molecule has 0 aliphatic carbocycles. The van der Waals surface area contributed by atoms with Gasteiger partial charge in [0.05, 0.1) is 5.92 Å². The van der Waals surface area contributed by atoms with E-state index >= 15 is 0 Å². The maximum absolute atomic E-state index is 11.3. The molecule has 1 heterocycles. The smallest absolute Gasteiger partial charge is 0.310 e. The van der Waals surface area contributed by atoms with Gasteiger partial charge in [0.15, 0.2) is 0 Å². The van der Waals surface area contributed by atoms with Crippen molar-refractivity contribution in [1.29, 1.82) is 0 Å². The van der Waals surface area contributed by atoms with Gasteiger partial charge in [-0.2, -0.15) is 0 Å². The van der Waals surface area contributed by atoms with Gasteiger partial charge in [-0.15, -0.1) is 0 Å². The number of aromatic nitrogens is 1. The number of benzene rings is 1. The van der Waals surface area contributed by atoms with E-state index < -0.39 is 17.9 Å². The lowest BCUT2D eigenvalue weighted by atomic mass is 9.93. The molecule has 0 saturated carbocycles. The first-order chi connectivity index (χ1) is 9.08. The standard InChI is InChI=1S/C14H15NO4/c16-13(17)3-1-2-11(14(18)19)9-4-5-12-10(8-9)6-7-15-12/h4-8,11,15H,1-3H2,(H,16,17)(H,18,19). The Bertz CT molecular complexity index is 602. The third kappa shape index (κ3) is 3.13. The molecule has 1 unspecified atom stereocenters. The van der Waals surface area contributed by atoms with Crippen molar-refractivity contribution in [3.8, 4) is 0 Å². The molecule has 0 spiro atoms. The molecule has 0 aliphatic rings. The number of rotatable bonds is 6. The highest BCUT2D eigenvalue weighted by Crippen LogP contribution is 2.25. The Labute approximate surface area is 109 Å². The van der Waals surface area contributed by atoms with Crippen LogP contribution in [-0.4, -0.2) is 27.1 Å². The molecule has 1 aromatic carbocycles. The number of carbonyl (C=O) groups is 2. The zero-order chi connectivity index (χ0) is 13.8. The first-order valence-electron chi connectivity index (χ1n) is 6.09. The van der Waals surface area contributed by atoms with Crippen LogP contribution in [0.1, 0.15) is 30.7 Å². The summed E-state index contributed by atoms with van der Waals surface area (Å²) in [6, 6.07) is 7.34. The van der Waals surface area contributed by atoms with E-state index in [1.54, 1.807) is 12.3 Å². The average molecular weight is 261 g/mol. The van der Waals surface area contributed by atoms with Crippen LogP contribution in [0, 0.1) is 0 Å². The number of hydrogen-bond donors (Lipinski definition) is 3. The Morgan fingerprint density at radius 1 is 1.21 bits per heavy atom. The normalized spacial score (nSPS) is 12.4. The monoisotopic (exact) mass is 261 g/mol. The second kappa shape index (κ2) is 5.56. The number of carboxylic acids is 2. The van der Waals surface area contributed by atoms with Crippen LogP contribution >= 0.6 is 0 Å². The lowest BCUT2D eigenvalue weighted by molar-refractivity contribution is -0.140. The summed E-state index contributed by atoms with van der Waals surface area (Å²) in [7, 11) is 0. The Morgan fingerprint density at radius 3 is 2.68 bits per heavy atom. The fourth-order valence-electron chi connectivity index (χ4n) is 2.18. The Morgan fingerprint density at radius 2 is 2.00 bits per heavy atom. The Balaban J connectivity index is 2.17. The quantitative estimate of drug-likeness (QED) is 0.745. The topological polar surface area (TPSA) is 90.4 Å². The van der Waals surface area contributed by atoms with Crippen LogP contribution in [0.2, 0.25) is 0 Å². The zero-order valence-electron chi connectivity index (χ0n) is 10.3. The van der Waals surface area contributed by atoms with Gasteiger partial charge in [-0.25, -0.2) is 0 Å². The van der Waals surface area contributed by atoms with Crippen molar-refractivity contribution in [2.45, 2.75) is 25.2 Å². The highest BCUT2D eigenvalue weighted by atomic mass is 16.4. The molecule has 1 aromatic heterocycles. The van der Waals surface area contributed by atoms with E-state index in [0.717, 1.165) is 10.9 Å². The molecule has 3 N–H and O–H groups in total. The third-order valence-electron chi connectivity index (χ3n) is 3.16. The SMILES string of the molecule is O=C(O)CCCC(C(=O)O)c1ccc2[nH]ccc2c1. The lowest BCUT2D eigenvalue weighted by Crippen LogP contribution is -2.12. The van der Waals surface area contributed by atoms with Gasteiger partial charge in [-0.05, 0) is 42.0 Å². The van der Waals surface area contributed by atoms with Gasteiger partial charge in [0, 0.05) is 18.1 Å². The van der Waals surface area contributed by atoms with Gasteiger partial charge < -0.3 is 15.2 Å². The predicted molar refractivity (Wildman–Crippen MR) is 70.2 cm³/mol. The summed E-state index contributed by atoms with van der Waals surface area (Å²) in [5, 5.41) is 18.8. The van der Waals surface area contributed by atoms with Gasteiger partial charge in [-0.1, -0.05) is 6.07 Å². The minimum absolute atomic E-state index is 0.00379. The molecule has 0 amide bonds. The van der Waals surface area contributed by atoms with Crippen LogP contribution in [0.15, 0.2) is 30.5 Å². The van der Waals surface area contributed by atoms with Crippen molar-refractivity contribution in [3.63, 3.8) is 0 Å². The molecule has 0 fully saturated rings. The second-order valence-corrected chi connectivity index (χ2v) is 4.50. The minimum Gasteiger partial charge on any atom is -0.481 e. The molecule has 2 aromatic rings. The maximum Gasteiger partial charge on any atom is 0.310 e. The largest absolute Gasteiger partial charge is 0.481 e. The minimum atomic E-state index is -0.916. The first kappa shape index (κ1) is 13.1. The summed E-state index contributed by atoms with van der Waals surface area (Å²) in [5.74, 6) is -2.47. The Hall–Kier alpha value is -2.30. The summed E-state index contributed by atoms with van der Waals surface area (Å²) >= 11 is 0. The molecule has 1 atom stereocenters. The summed E-state index contributed by atoms with van der Waals surface area (Å²) in [6.45, 7) is 0. The molecule has 0 radical (unpaired) electrons. The van der Waals surface area contributed by atoms with Crippen LogP contribution in [0.25, 0.3) is 10.9 Å². The molecule has 5 nitrogen and oxygen atoms in total. The van der Waals surface area contributed by atoms with Crippen LogP contribution in [0.5, 0.6) is 0 Å². The molecule has 5 heteroatoms. The first-order valence-corrected chi connectivity index (χ1v) is 6.09. The number of carboxylic acid groups (broad SMARTS) is 2. The van der Waals surface area contributed by atoms with E-state index in [4.69, 9.17) is 5.11 Å². The van der Waals surface area contributed by atoms with Crippen molar-refractivity contribution in [2.75, 3.05) is 0 Å². The van der Waals surface area contributed by atoms with E-state index in [-0.39, 0.29) is 6.42 Å². The fraction of sp³-hybridized carbons (Fsp3) is 0.286. The summed E-state index contributed by atoms with van der Waals surface area (Å²) in [4.78, 5) is 24.8. The highest BCUT2D eigenvalue weighted by Gasteiger charge is 2.20. The fourth-order valence-corrected chi connectivity index (χ4v) is 2.18. The number of nitrogens with one attached hydrogen (secondary N) is 1. The van der Waals surface area contributed by atoms with Crippen molar-refractivity contribution in [3.05, 3.63) is 36.0 Å². The van der Waals surface area contributed by atoms with Crippen molar-refractivity contribution >= 4 is 22.8 Å². The summed E-state index contributed by atoms with van der Waals surface area (Å²) in [6.07, 6.45) is 2.49. The lowest BCUT2D eigenvalue weighted by Gasteiger charge is -2.12. The van der Waals surface area contributed by atoms with Gasteiger partial charge in [0.25, 0.3) is 0 Å². The van der Waals surface area contributed by atoms with Crippen LogP contribution < -0.4 is 0 Å². The number of aliphatic carboxylic acids is 2. The summed E-state index contributed by atoms with van der Waals surface area (Å²) in [5.41, 5.74) is 1.67. The molecule has 0 bridgehead atoms. The van der Waals surface area contributed by atoms with Crippen LogP contribution in [-0.2, 0) is 9.59 Å². The molecule has 0 saturated heterocycles. The van der Waals surface area contributed by atoms with Gasteiger partial charge in [0.2, 0.25) is 0 Å². The number of fused-ring (bicyclic) bond motifs is 1. The number of aromatic amines is 1. The molecule has 2 rings (SSSR count). The van der Waals surface area contributed by atoms with E-state index in [1.165, 1.54) is 0 Å². The van der Waals surface area contributed by atoms with Crippen LogP contribution in [0.4, 0.5) is 0 Å².